The molecule has 5 nitrogen and oxygen atoms in total. The summed E-state index contributed by atoms with van der Waals surface area (Å²) in [5, 5.41) is 23.0. The van der Waals surface area contributed by atoms with Gasteiger partial charge < -0.3 is 21.2 Å². The van der Waals surface area contributed by atoms with Gasteiger partial charge in [0.1, 0.15) is 0 Å². The standard InChI is InChI=1S/C8H8N2O3.2K/c9-7(11)5-3-1-2-4-6(5)8(12)10-13;;/h1-4,13H,(H2,9,11)(H,10,12);;/q;2*+1/p-2. The minimum Gasteiger partial charge on any atom is -0.859 e. The smallest absolute Gasteiger partial charge is 0.859 e. The van der Waals surface area contributed by atoms with Gasteiger partial charge >= 0.3 is 103 Å². The minimum atomic E-state index is -0.991. The van der Waals surface area contributed by atoms with E-state index in [-0.39, 0.29) is 114 Å². The number of amides is 1. The van der Waals surface area contributed by atoms with Crippen LogP contribution >= 0.6 is 0 Å². The summed E-state index contributed by atoms with van der Waals surface area (Å²) in [7, 11) is 0. The Morgan fingerprint density at radius 1 is 1.20 bits per heavy atom. The van der Waals surface area contributed by atoms with Crippen molar-refractivity contribution in [2.24, 2.45) is 10.9 Å². The van der Waals surface area contributed by atoms with Gasteiger partial charge in [0.05, 0.1) is 0 Å². The fourth-order valence-corrected chi connectivity index (χ4v) is 0.934. The van der Waals surface area contributed by atoms with Gasteiger partial charge in [0, 0.05) is 5.56 Å². The van der Waals surface area contributed by atoms with E-state index in [1.165, 1.54) is 18.2 Å². The van der Waals surface area contributed by atoms with Crippen LogP contribution in [0.1, 0.15) is 15.9 Å². The Kier molecular flexibility index (Phi) is 11.5. The van der Waals surface area contributed by atoms with Crippen molar-refractivity contribution in [3.63, 3.8) is 0 Å². The first-order chi connectivity index (χ1) is 6.16. The van der Waals surface area contributed by atoms with Crippen LogP contribution in [-0.2, 0) is 0 Å². The third-order valence-electron chi connectivity index (χ3n) is 1.51. The Balaban J connectivity index is 0. The summed E-state index contributed by atoms with van der Waals surface area (Å²) in [6, 6.07) is 5.75. The summed E-state index contributed by atoms with van der Waals surface area (Å²) in [4.78, 5) is 10.8. The number of primary amides is 1. The zero-order valence-electron chi connectivity index (χ0n) is 8.56. The van der Waals surface area contributed by atoms with Gasteiger partial charge in [0.15, 0.2) is 0 Å². The third kappa shape index (κ3) is 5.40. The van der Waals surface area contributed by atoms with Crippen LogP contribution in [0.25, 0.3) is 0 Å². The van der Waals surface area contributed by atoms with Gasteiger partial charge in [-0.15, -0.1) is 0 Å². The van der Waals surface area contributed by atoms with Crippen molar-refractivity contribution in [3.8, 4) is 0 Å². The molecule has 0 atom stereocenters. The molecule has 7 heteroatoms. The van der Waals surface area contributed by atoms with Gasteiger partial charge in [-0.1, -0.05) is 18.2 Å². The number of hydrogen-bond donors (Lipinski definition) is 1. The molecule has 2 N–H and O–H groups in total. The van der Waals surface area contributed by atoms with Crippen molar-refractivity contribution >= 4 is 11.8 Å². The van der Waals surface area contributed by atoms with Crippen molar-refractivity contribution in [2.75, 3.05) is 0 Å². The van der Waals surface area contributed by atoms with E-state index >= 15 is 0 Å². The summed E-state index contributed by atoms with van der Waals surface area (Å²) >= 11 is 0. The molecule has 0 fully saturated rings. The quantitative estimate of drug-likeness (QED) is 0.246. The van der Waals surface area contributed by atoms with Crippen LogP contribution in [-0.4, -0.2) is 11.8 Å². The van der Waals surface area contributed by atoms with Crippen LogP contribution in [0, 0.1) is 5.21 Å². The molecule has 0 aromatic heterocycles. The number of nitrogens with zero attached hydrogens (tertiary/aromatic N) is 1. The van der Waals surface area contributed by atoms with E-state index < -0.39 is 11.8 Å². The molecule has 1 aromatic carbocycles. The number of carbonyl (C=O) groups is 1. The second kappa shape index (κ2) is 9.28. The van der Waals surface area contributed by atoms with Crippen LogP contribution in [0.5, 0.6) is 0 Å². The maximum Gasteiger partial charge on any atom is 1.00 e. The van der Waals surface area contributed by atoms with E-state index in [4.69, 9.17) is 5.73 Å². The molecule has 0 unspecified atom stereocenters. The molecule has 0 spiro atoms. The number of hydrogen-bond acceptors (Lipinski definition) is 4. The van der Waals surface area contributed by atoms with Crippen molar-refractivity contribution in [2.45, 2.75) is 0 Å². The van der Waals surface area contributed by atoms with Gasteiger partial charge in [0.25, 0.3) is 0 Å². The largest absolute Gasteiger partial charge is 1.00 e. The first-order valence-corrected chi connectivity index (χ1v) is 3.43. The molecule has 1 amide bonds. The monoisotopic (exact) mass is 256 g/mol. The number of carbonyl (C=O) groups excluding carboxylic acids is 1. The predicted octanol–water partition coefficient (Wildman–Crippen LogP) is -6.60. The summed E-state index contributed by atoms with van der Waals surface area (Å²) in [6.45, 7) is 0. The van der Waals surface area contributed by atoms with Crippen LogP contribution in [0.4, 0.5) is 0 Å². The van der Waals surface area contributed by atoms with Gasteiger partial charge in [-0.3, -0.25) is 4.79 Å². The van der Waals surface area contributed by atoms with E-state index in [9.17, 15) is 15.1 Å². The summed E-state index contributed by atoms with van der Waals surface area (Å²) in [5.74, 6) is -1.75. The molecule has 0 aliphatic heterocycles. The average molecular weight is 256 g/mol. The number of rotatable bonds is 2. The molecule has 0 bridgehead atoms. The molecule has 0 heterocycles. The van der Waals surface area contributed by atoms with E-state index in [1.807, 2.05) is 0 Å². The second-order valence-corrected chi connectivity index (χ2v) is 2.31. The Morgan fingerprint density at radius 3 is 2.07 bits per heavy atom. The van der Waals surface area contributed by atoms with Crippen LogP contribution in [0.2, 0.25) is 0 Å². The number of nitrogens with two attached hydrogens (primary N) is 1. The molecule has 1 aromatic rings. The molecular formula is C8H6K2N2O3. The SMILES string of the molecule is NC(=O)c1ccccc1C([O-])=N[O-].[K+].[K+]. The van der Waals surface area contributed by atoms with Crippen LogP contribution in [0.3, 0.4) is 0 Å². The van der Waals surface area contributed by atoms with Gasteiger partial charge in [0.2, 0.25) is 5.91 Å². The van der Waals surface area contributed by atoms with Crippen LogP contribution in [0.15, 0.2) is 29.4 Å². The summed E-state index contributed by atoms with van der Waals surface area (Å²) < 4.78 is 0. The summed E-state index contributed by atoms with van der Waals surface area (Å²) in [5.41, 5.74) is 4.91. The normalized spacial score (nSPS) is 9.73. The maximum absolute atomic E-state index is 10.9. The van der Waals surface area contributed by atoms with Crippen molar-refractivity contribution in [1.29, 1.82) is 0 Å². The first kappa shape index (κ1) is 18.6. The Morgan fingerprint density at radius 2 is 1.67 bits per heavy atom. The fraction of sp³-hybridized carbons (Fsp3) is 0. The van der Waals surface area contributed by atoms with Gasteiger partial charge in [-0.25, -0.2) is 0 Å². The molecular weight excluding hydrogens is 250 g/mol. The van der Waals surface area contributed by atoms with Crippen molar-refractivity contribution in [3.05, 3.63) is 40.6 Å². The zero-order chi connectivity index (χ0) is 9.84. The molecule has 0 aliphatic rings. The van der Waals surface area contributed by atoms with E-state index in [0.717, 1.165) is 0 Å². The van der Waals surface area contributed by atoms with E-state index in [1.54, 1.807) is 6.07 Å². The molecule has 0 saturated carbocycles. The topological polar surface area (TPSA) is 102 Å². The molecule has 15 heavy (non-hydrogen) atoms. The van der Waals surface area contributed by atoms with E-state index in [2.05, 4.69) is 5.16 Å². The van der Waals surface area contributed by atoms with Crippen LogP contribution < -0.4 is 114 Å². The molecule has 0 saturated heterocycles. The fourth-order valence-electron chi connectivity index (χ4n) is 0.934. The Labute approximate surface area is 172 Å². The predicted molar refractivity (Wildman–Crippen MR) is 44.9 cm³/mol. The Bertz CT molecular complexity index is 369. The second-order valence-electron chi connectivity index (χ2n) is 2.31. The third-order valence-corrected chi connectivity index (χ3v) is 1.51. The molecule has 0 aliphatic carbocycles. The molecule has 0 radical (unpaired) electrons. The average Bonchev–Trinajstić information content (AvgIpc) is 2.16. The Hall–Kier alpha value is 1.23. The van der Waals surface area contributed by atoms with E-state index in [0.29, 0.717) is 0 Å². The molecule has 68 valence electrons. The first-order valence-electron chi connectivity index (χ1n) is 3.43. The number of benzene rings is 1. The van der Waals surface area contributed by atoms with Gasteiger partial charge in [-0.2, -0.15) is 0 Å². The molecule has 1 rings (SSSR count). The van der Waals surface area contributed by atoms with Crippen molar-refractivity contribution < 1.29 is 113 Å². The zero-order valence-corrected chi connectivity index (χ0v) is 14.8. The summed E-state index contributed by atoms with van der Waals surface area (Å²) in [6.07, 6.45) is 0. The van der Waals surface area contributed by atoms with Crippen molar-refractivity contribution in [1.82, 2.24) is 0 Å². The minimum absolute atomic E-state index is 0. The maximum atomic E-state index is 10.9. The van der Waals surface area contributed by atoms with Gasteiger partial charge in [-0.05, 0) is 17.5 Å².